The Kier molecular flexibility index (Phi) is 6.65. The molecule has 0 aromatic heterocycles. The minimum atomic E-state index is -0.426. The van der Waals surface area contributed by atoms with Crippen LogP contribution in [0.4, 0.5) is 5.69 Å². The quantitative estimate of drug-likeness (QED) is 0.575. The van der Waals surface area contributed by atoms with Crippen molar-refractivity contribution in [2.45, 2.75) is 25.0 Å². The Bertz CT molecular complexity index is 1050. The van der Waals surface area contributed by atoms with Gasteiger partial charge in [0.05, 0.1) is 6.04 Å². The van der Waals surface area contributed by atoms with E-state index in [9.17, 15) is 9.59 Å². The number of hydrogen-bond acceptors (Lipinski definition) is 3. The summed E-state index contributed by atoms with van der Waals surface area (Å²) in [7, 11) is 0. The first-order chi connectivity index (χ1) is 15.1. The average molecular weight is 435 g/mol. The molecule has 0 radical (unpaired) electrons. The lowest BCUT2D eigenvalue weighted by Gasteiger charge is -2.20. The predicted octanol–water partition coefficient (Wildman–Crippen LogP) is 4.98. The van der Waals surface area contributed by atoms with Crippen LogP contribution in [-0.4, -0.2) is 24.5 Å². The number of ether oxygens (including phenoxy) is 1. The summed E-state index contributed by atoms with van der Waals surface area (Å²) < 4.78 is 5.42. The van der Waals surface area contributed by atoms with E-state index in [-0.39, 0.29) is 17.9 Å². The zero-order valence-corrected chi connectivity index (χ0v) is 17.6. The number of rotatable bonds is 6. The largest absolute Gasteiger partial charge is 0.368 e. The Balaban J connectivity index is 1.53. The molecule has 0 saturated carbocycles. The number of benzene rings is 3. The maximum absolute atomic E-state index is 13.1. The van der Waals surface area contributed by atoms with Gasteiger partial charge in [0.2, 0.25) is 0 Å². The summed E-state index contributed by atoms with van der Waals surface area (Å²) in [5.41, 5.74) is 2.91. The molecular formula is C25H23ClN2O3. The van der Waals surface area contributed by atoms with Crippen LogP contribution in [0.3, 0.4) is 0 Å². The van der Waals surface area contributed by atoms with Gasteiger partial charge in [0.1, 0.15) is 6.10 Å². The molecule has 1 fully saturated rings. The zero-order chi connectivity index (χ0) is 21.6. The number of anilines is 1. The summed E-state index contributed by atoms with van der Waals surface area (Å²) in [6, 6.07) is 23.7. The first kappa shape index (κ1) is 21.1. The molecule has 5 nitrogen and oxygen atoms in total. The summed E-state index contributed by atoms with van der Waals surface area (Å²) >= 11 is 6.04. The molecule has 0 spiro atoms. The van der Waals surface area contributed by atoms with Crippen LogP contribution in [0.15, 0.2) is 78.9 Å². The minimum Gasteiger partial charge on any atom is -0.368 e. The summed E-state index contributed by atoms with van der Waals surface area (Å²) in [6.07, 6.45) is 1.17. The van der Waals surface area contributed by atoms with Crippen LogP contribution in [0, 0.1) is 0 Å². The molecule has 1 heterocycles. The smallest absolute Gasteiger partial charge is 0.253 e. The van der Waals surface area contributed by atoms with Gasteiger partial charge in [-0.25, -0.2) is 0 Å². The van der Waals surface area contributed by atoms with Gasteiger partial charge in [-0.2, -0.15) is 0 Å². The highest BCUT2D eigenvalue weighted by Crippen LogP contribution is 2.24. The van der Waals surface area contributed by atoms with Gasteiger partial charge in [-0.15, -0.1) is 0 Å². The molecule has 3 aromatic rings. The standard InChI is InChI=1S/C25H23ClN2O3/c26-20-13-11-18(12-14-20)23(17-6-2-1-3-7-17)28-24(29)19-8-4-9-21(16-19)27-25(30)22-10-5-15-31-22/h1-4,6-9,11-14,16,22-23H,5,10,15H2,(H,27,30)(H,28,29). The Morgan fingerprint density at radius 1 is 0.935 bits per heavy atom. The van der Waals surface area contributed by atoms with Crippen LogP contribution in [0.5, 0.6) is 0 Å². The van der Waals surface area contributed by atoms with Crippen molar-refractivity contribution in [3.05, 3.63) is 101 Å². The highest BCUT2D eigenvalue weighted by molar-refractivity contribution is 6.30. The molecule has 1 aliphatic rings. The third-order valence-electron chi connectivity index (χ3n) is 5.23. The molecule has 2 atom stereocenters. The molecule has 4 rings (SSSR count). The second-order valence-electron chi connectivity index (χ2n) is 7.44. The normalized spacial score (nSPS) is 16.5. The number of carbonyl (C=O) groups is 2. The van der Waals surface area contributed by atoms with Crippen LogP contribution < -0.4 is 10.6 Å². The van der Waals surface area contributed by atoms with Crippen molar-refractivity contribution in [3.8, 4) is 0 Å². The van der Waals surface area contributed by atoms with Gasteiger partial charge >= 0.3 is 0 Å². The van der Waals surface area contributed by atoms with E-state index < -0.39 is 6.10 Å². The van der Waals surface area contributed by atoms with Gasteiger partial charge in [-0.1, -0.05) is 60.1 Å². The van der Waals surface area contributed by atoms with E-state index in [1.807, 2.05) is 42.5 Å². The van der Waals surface area contributed by atoms with E-state index in [4.69, 9.17) is 16.3 Å². The SMILES string of the molecule is O=C(NC(c1ccccc1)c1ccc(Cl)cc1)c1cccc(NC(=O)C2CCCO2)c1. The Hall–Kier alpha value is -3.15. The molecule has 1 saturated heterocycles. The van der Waals surface area contributed by atoms with Crippen LogP contribution in [0.2, 0.25) is 5.02 Å². The number of amides is 2. The van der Waals surface area contributed by atoms with E-state index in [1.54, 1.807) is 36.4 Å². The zero-order valence-electron chi connectivity index (χ0n) is 16.9. The molecule has 3 aromatic carbocycles. The molecule has 6 heteroatoms. The van der Waals surface area contributed by atoms with Gasteiger partial charge in [0.15, 0.2) is 0 Å². The monoisotopic (exact) mass is 434 g/mol. The predicted molar refractivity (Wildman–Crippen MR) is 121 cm³/mol. The first-order valence-corrected chi connectivity index (χ1v) is 10.6. The van der Waals surface area contributed by atoms with Crippen molar-refractivity contribution in [1.29, 1.82) is 0 Å². The molecule has 0 aliphatic carbocycles. The van der Waals surface area contributed by atoms with Crippen molar-refractivity contribution >= 4 is 29.1 Å². The summed E-state index contributed by atoms with van der Waals surface area (Å²) in [5.74, 6) is -0.421. The Morgan fingerprint density at radius 2 is 1.68 bits per heavy atom. The van der Waals surface area contributed by atoms with E-state index in [2.05, 4.69) is 10.6 Å². The fraction of sp³-hybridized carbons (Fsp3) is 0.200. The Morgan fingerprint density at radius 3 is 2.39 bits per heavy atom. The average Bonchev–Trinajstić information content (AvgIpc) is 3.34. The first-order valence-electron chi connectivity index (χ1n) is 10.2. The molecule has 2 N–H and O–H groups in total. The van der Waals surface area contributed by atoms with Crippen LogP contribution in [0.1, 0.15) is 40.4 Å². The van der Waals surface area contributed by atoms with E-state index in [1.165, 1.54) is 0 Å². The number of halogens is 1. The van der Waals surface area contributed by atoms with Crippen LogP contribution >= 0.6 is 11.6 Å². The van der Waals surface area contributed by atoms with Gasteiger partial charge in [0, 0.05) is 22.9 Å². The lowest BCUT2D eigenvalue weighted by molar-refractivity contribution is -0.124. The van der Waals surface area contributed by atoms with E-state index in [0.29, 0.717) is 29.3 Å². The maximum atomic E-state index is 13.1. The van der Waals surface area contributed by atoms with Crippen LogP contribution in [0.25, 0.3) is 0 Å². The van der Waals surface area contributed by atoms with Crippen LogP contribution in [-0.2, 0) is 9.53 Å². The highest BCUT2D eigenvalue weighted by atomic mass is 35.5. The molecule has 1 aliphatic heterocycles. The van der Waals surface area contributed by atoms with E-state index >= 15 is 0 Å². The fourth-order valence-electron chi connectivity index (χ4n) is 3.62. The summed E-state index contributed by atoms with van der Waals surface area (Å²) in [6.45, 7) is 0.603. The van der Waals surface area contributed by atoms with Gasteiger partial charge in [-0.05, 0) is 54.3 Å². The van der Waals surface area contributed by atoms with Crippen molar-refractivity contribution in [1.82, 2.24) is 5.32 Å². The second kappa shape index (κ2) is 9.77. The van der Waals surface area contributed by atoms with Crippen molar-refractivity contribution in [3.63, 3.8) is 0 Å². The summed E-state index contributed by atoms with van der Waals surface area (Å²) in [5, 5.41) is 6.58. The van der Waals surface area contributed by atoms with Gasteiger partial charge < -0.3 is 15.4 Å². The van der Waals surface area contributed by atoms with Gasteiger partial charge in [-0.3, -0.25) is 9.59 Å². The third-order valence-corrected chi connectivity index (χ3v) is 5.48. The minimum absolute atomic E-state index is 0.182. The fourth-order valence-corrected chi connectivity index (χ4v) is 3.75. The number of nitrogens with one attached hydrogen (secondary N) is 2. The number of hydrogen-bond donors (Lipinski definition) is 2. The van der Waals surface area contributed by atoms with Gasteiger partial charge in [0.25, 0.3) is 11.8 Å². The molecule has 2 unspecified atom stereocenters. The molecule has 0 bridgehead atoms. The lowest BCUT2D eigenvalue weighted by Crippen LogP contribution is -2.30. The highest BCUT2D eigenvalue weighted by Gasteiger charge is 2.24. The van der Waals surface area contributed by atoms with Crippen molar-refractivity contribution in [2.24, 2.45) is 0 Å². The molecule has 2 amide bonds. The van der Waals surface area contributed by atoms with Crippen molar-refractivity contribution < 1.29 is 14.3 Å². The molecule has 158 valence electrons. The topological polar surface area (TPSA) is 67.4 Å². The Labute approximate surface area is 186 Å². The molecular weight excluding hydrogens is 412 g/mol. The third kappa shape index (κ3) is 5.32. The second-order valence-corrected chi connectivity index (χ2v) is 7.88. The molecule has 31 heavy (non-hydrogen) atoms. The summed E-state index contributed by atoms with van der Waals surface area (Å²) in [4.78, 5) is 25.4. The maximum Gasteiger partial charge on any atom is 0.253 e. The number of carbonyl (C=O) groups excluding carboxylic acids is 2. The van der Waals surface area contributed by atoms with E-state index in [0.717, 1.165) is 17.5 Å². The van der Waals surface area contributed by atoms with Crippen molar-refractivity contribution in [2.75, 3.05) is 11.9 Å². The lowest BCUT2D eigenvalue weighted by atomic mass is 9.98.